The summed E-state index contributed by atoms with van der Waals surface area (Å²) in [5.41, 5.74) is 4.33. The Morgan fingerprint density at radius 1 is 1.37 bits per heavy atom. The van der Waals surface area contributed by atoms with E-state index in [1.807, 2.05) is 36.7 Å². The zero-order chi connectivity index (χ0) is 13.8. The number of nitrogens with zero attached hydrogens (tertiary/aromatic N) is 4. The monoisotopic (exact) mass is 278 g/mol. The average Bonchev–Trinajstić information content (AvgIpc) is 2.90. The zero-order valence-electron chi connectivity index (χ0n) is 11.4. The number of thiazole rings is 1. The minimum atomic E-state index is -0.0843. The van der Waals surface area contributed by atoms with Gasteiger partial charge in [0.1, 0.15) is 5.82 Å². The van der Waals surface area contributed by atoms with Crippen molar-refractivity contribution in [3.05, 3.63) is 34.3 Å². The van der Waals surface area contributed by atoms with Gasteiger partial charge in [0.15, 0.2) is 0 Å². The third kappa shape index (κ3) is 3.27. The zero-order valence-corrected chi connectivity index (χ0v) is 12.2. The Morgan fingerprint density at radius 2 is 2.16 bits per heavy atom. The van der Waals surface area contributed by atoms with Gasteiger partial charge < -0.3 is 10.0 Å². The second-order valence-corrected chi connectivity index (χ2v) is 5.43. The van der Waals surface area contributed by atoms with Crippen molar-refractivity contribution in [2.45, 2.75) is 32.9 Å². The van der Waals surface area contributed by atoms with Crippen LogP contribution in [0.5, 0.6) is 0 Å². The van der Waals surface area contributed by atoms with Gasteiger partial charge in [0, 0.05) is 18.3 Å². The Hall–Kier alpha value is -1.53. The third-order valence-electron chi connectivity index (χ3n) is 2.82. The van der Waals surface area contributed by atoms with E-state index in [1.165, 1.54) is 0 Å². The molecule has 6 heteroatoms. The number of hydrogen-bond acceptors (Lipinski definition) is 6. The van der Waals surface area contributed by atoms with E-state index in [4.69, 9.17) is 0 Å². The van der Waals surface area contributed by atoms with Crippen molar-refractivity contribution in [3.63, 3.8) is 0 Å². The highest BCUT2D eigenvalue weighted by atomic mass is 32.1. The summed E-state index contributed by atoms with van der Waals surface area (Å²) in [4.78, 5) is 15.0. The van der Waals surface area contributed by atoms with Gasteiger partial charge in [-0.05, 0) is 0 Å². The molecule has 0 unspecified atom stereocenters. The smallest absolute Gasteiger partial charge is 0.131 e. The molecule has 0 aromatic carbocycles. The van der Waals surface area contributed by atoms with Gasteiger partial charge >= 0.3 is 0 Å². The van der Waals surface area contributed by atoms with Crippen LogP contribution in [0.4, 0.5) is 5.69 Å². The highest BCUT2D eigenvalue weighted by molar-refractivity contribution is 7.07. The number of anilines is 1. The molecule has 0 atom stereocenters. The van der Waals surface area contributed by atoms with Crippen molar-refractivity contribution in [3.8, 4) is 0 Å². The Labute approximate surface area is 117 Å². The number of aliphatic hydroxyl groups excluding tert-OH is 1. The summed E-state index contributed by atoms with van der Waals surface area (Å²) in [5, 5.41) is 11.5. The van der Waals surface area contributed by atoms with E-state index in [1.54, 1.807) is 17.5 Å². The van der Waals surface area contributed by atoms with E-state index >= 15 is 0 Å². The van der Waals surface area contributed by atoms with Gasteiger partial charge in [-0.15, -0.1) is 11.3 Å². The van der Waals surface area contributed by atoms with Crippen molar-refractivity contribution < 1.29 is 5.11 Å². The summed E-state index contributed by atoms with van der Waals surface area (Å²) < 4.78 is 0. The van der Waals surface area contributed by atoms with Crippen LogP contribution in [0, 0.1) is 0 Å². The van der Waals surface area contributed by atoms with Crippen LogP contribution < -0.4 is 4.90 Å². The van der Waals surface area contributed by atoms with E-state index in [0.29, 0.717) is 12.2 Å². The normalized spacial score (nSPS) is 11.0. The Kier molecular flexibility index (Phi) is 4.44. The second kappa shape index (κ2) is 6.08. The summed E-state index contributed by atoms with van der Waals surface area (Å²) in [7, 11) is 1.95. The predicted molar refractivity (Wildman–Crippen MR) is 76.3 cm³/mol. The number of aromatic nitrogens is 3. The first-order valence-electron chi connectivity index (χ1n) is 6.16. The molecular formula is C13H18N4OS. The lowest BCUT2D eigenvalue weighted by atomic mass is 10.2. The van der Waals surface area contributed by atoms with Crippen LogP contribution in [0.3, 0.4) is 0 Å². The van der Waals surface area contributed by atoms with Crippen LogP contribution in [0.25, 0.3) is 0 Å². The van der Waals surface area contributed by atoms with Crippen molar-refractivity contribution in [2.75, 3.05) is 11.9 Å². The van der Waals surface area contributed by atoms with Gasteiger partial charge in [0.05, 0.1) is 41.9 Å². The van der Waals surface area contributed by atoms with Crippen LogP contribution in [0.15, 0.2) is 17.1 Å². The minimum absolute atomic E-state index is 0.0843. The standard InChI is InChI=1S/C13H18N4OS/c1-9(2)13-14-4-12(11(6-18)16-13)17(3)5-10-7-19-8-15-10/h4,7-9,18H,5-6H2,1-3H3. The molecule has 0 radical (unpaired) electrons. The first-order chi connectivity index (χ1) is 9.11. The predicted octanol–water partition coefficient (Wildman–Crippen LogP) is 2.19. The summed E-state index contributed by atoms with van der Waals surface area (Å²) in [6, 6.07) is 0. The van der Waals surface area contributed by atoms with Crippen LogP contribution in [0.2, 0.25) is 0 Å². The van der Waals surface area contributed by atoms with Crippen LogP contribution in [0.1, 0.15) is 37.0 Å². The quantitative estimate of drug-likeness (QED) is 0.908. The molecule has 2 rings (SSSR count). The van der Waals surface area contributed by atoms with E-state index in [-0.39, 0.29) is 12.5 Å². The van der Waals surface area contributed by atoms with Gasteiger partial charge in [-0.1, -0.05) is 13.8 Å². The van der Waals surface area contributed by atoms with Crippen molar-refractivity contribution in [2.24, 2.45) is 0 Å². The molecule has 0 amide bonds. The lowest BCUT2D eigenvalue weighted by Gasteiger charge is -2.20. The third-order valence-corrected chi connectivity index (χ3v) is 3.46. The molecule has 0 fully saturated rings. The molecule has 0 aliphatic carbocycles. The highest BCUT2D eigenvalue weighted by Crippen LogP contribution is 2.21. The molecule has 0 saturated carbocycles. The number of rotatable bonds is 5. The Bertz CT molecular complexity index is 527. The largest absolute Gasteiger partial charge is 0.390 e. The Morgan fingerprint density at radius 3 is 2.74 bits per heavy atom. The van der Waals surface area contributed by atoms with Crippen LogP contribution >= 0.6 is 11.3 Å². The van der Waals surface area contributed by atoms with Gasteiger partial charge in [-0.2, -0.15) is 0 Å². The summed E-state index contributed by atoms with van der Waals surface area (Å²) in [6.45, 7) is 4.67. The molecule has 0 aliphatic heterocycles. The van der Waals surface area contributed by atoms with E-state index in [2.05, 4.69) is 15.0 Å². The first-order valence-corrected chi connectivity index (χ1v) is 7.11. The number of aliphatic hydroxyl groups is 1. The van der Waals surface area contributed by atoms with Gasteiger partial charge in [-0.3, -0.25) is 0 Å². The molecule has 102 valence electrons. The SMILES string of the molecule is CC(C)c1ncc(N(C)Cc2cscn2)c(CO)n1. The molecular weight excluding hydrogens is 260 g/mol. The summed E-state index contributed by atoms with van der Waals surface area (Å²) >= 11 is 1.57. The van der Waals surface area contributed by atoms with E-state index in [9.17, 15) is 5.11 Å². The molecule has 0 bridgehead atoms. The molecule has 0 saturated heterocycles. The summed E-state index contributed by atoms with van der Waals surface area (Å²) in [6.07, 6.45) is 1.78. The maximum atomic E-state index is 9.47. The fraction of sp³-hybridized carbons (Fsp3) is 0.462. The molecule has 2 aromatic rings. The maximum absolute atomic E-state index is 9.47. The molecule has 1 N–H and O–H groups in total. The molecule has 2 aromatic heterocycles. The molecule has 0 aliphatic rings. The number of hydrogen-bond donors (Lipinski definition) is 1. The second-order valence-electron chi connectivity index (χ2n) is 4.71. The molecule has 0 spiro atoms. The first kappa shape index (κ1) is 13.9. The Balaban J connectivity index is 2.23. The van der Waals surface area contributed by atoms with Gasteiger partial charge in [-0.25, -0.2) is 15.0 Å². The van der Waals surface area contributed by atoms with E-state index in [0.717, 1.165) is 17.2 Å². The van der Waals surface area contributed by atoms with Gasteiger partial charge in [0.2, 0.25) is 0 Å². The average molecular weight is 278 g/mol. The van der Waals surface area contributed by atoms with Crippen molar-refractivity contribution >= 4 is 17.0 Å². The lowest BCUT2D eigenvalue weighted by molar-refractivity contribution is 0.276. The minimum Gasteiger partial charge on any atom is -0.390 e. The molecule has 2 heterocycles. The molecule has 5 nitrogen and oxygen atoms in total. The summed E-state index contributed by atoms with van der Waals surface area (Å²) in [5.74, 6) is 1.01. The fourth-order valence-electron chi connectivity index (χ4n) is 1.78. The van der Waals surface area contributed by atoms with Crippen molar-refractivity contribution in [1.82, 2.24) is 15.0 Å². The van der Waals surface area contributed by atoms with Crippen LogP contribution in [-0.4, -0.2) is 27.1 Å². The van der Waals surface area contributed by atoms with Gasteiger partial charge in [0.25, 0.3) is 0 Å². The lowest BCUT2D eigenvalue weighted by Crippen LogP contribution is -2.20. The molecule has 19 heavy (non-hydrogen) atoms. The van der Waals surface area contributed by atoms with Crippen LogP contribution in [-0.2, 0) is 13.2 Å². The maximum Gasteiger partial charge on any atom is 0.131 e. The fourth-order valence-corrected chi connectivity index (χ4v) is 2.33. The van der Waals surface area contributed by atoms with Crippen molar-refractivity contribution in [1.29, 1.82) is 0 Å². The highest BCUT2D eigenvalue weighted by Gasteiger charge is 2.13. The van der Waals surface area contributed by atoms with E-state index < -0.39 is 0 Å². The topological polar surface area (TPSA) is 62.1 Å².